The molecule has 0 fully saturated rings. The molecule has 0 amide bonds. The highest BCUT2D eigenvalue weighted by Gasteiger charge is 2.23. The molecule has 2 rings (SSSR count). The zero-order chi connectivity index (χ0) is 15.8. The Labute approximate surface area is 133 Å². The van der Waals surface area contributed by atoms with Crippen molar-refractivity contribution in [3.63, 3.8) is 0 Å². The van der Waals surface area contributed by atoms with Gasteiger partial charge in [-0.2, -0.15) is 0 Å². The lowest BCUT2D eigenvalue weighted by atomic mass is 10.1. The summed E-state index contributed by atoms with van der Waals surface area (Å²) in [5.41, 5.74) is 2.30. The number of aliphatic imine (C=N–C) groups is 1. The molecule has 0 saturated heterocycles. The van der Waals surface area contributed by atoms with E-state index in [1.165, 1.54) is 5.56 Å². The monoisotopic (exact) mass is 302 g/mol. The number of benzene rings is 1. The third-order valence-corrected chi connectivity index (χ3v) is 3.59. The van der Waals surface area contributed by atoms with E-state index in [0.29, 0.717) is 19.8 Å². The maximum atomic E-state index is 5.68. The Hall–Kier alpha value is -1.65. The summed E-state index contributed by atoms with van der Waals surface area (Å²) >= 11 is 0. The average Bonchev–Trinajstić information content (AvgIpc) is 2.56. The summed E-state index contributed by atoms with van der Waals surface area (Å²) < 4.78 is 11.4. The van der Waals surface area contributed by atoms with E-state index in [2.05, 4.69) is 48.4 Å². The molecule has 0 aliphatic carbocycles. The number of nitrogens with zero attached hydrogens (tertiary/aromatic N) is 2. The fourth-order valence-corrected chi connectivity index (χ4v) is 2.50. The van der Waals surface area contributed by atoms with E-state index in [1.807, 2.05) is 19.9 Å². The van der Waals surface area contributed by atoms with Crippen LogP contribution in [0, 0.1) is 0 Å². The molecule has 0 N–H and O–H groups in total. The molecule has 120 valence electrons. The summed E-state index contributed by atoms with van der Waals surface area (Å²) in [5, 5.41) is 0. The SMILES string of the molecule is CCOC(CN1C=CC(CC)=NC1c1ccccc1)OCC. The first-order valence-corrected chi connectivity index (χ1v) is 8.07. The van der Waals surface area contributed by atoms with Gasteiger partial charge in [0.2, 0.25) is 0 Å². The van der Waals surface area contributed by atoms with Crippen LogP contribution in [-0.2, 0) is 9.47 Å². The summed E-state index contributed by atoms with van der Waals surface area (Å²) in [5.74, 6) is 0. The summed E-state index contributed by atoms with van der Waals surface area (Å²) in [7, 11) is 0. The quantitative estimate of drug-likeness (QED) is 0.686. The van der Waals surface area contributed by atoms with E-state index in [0.717, 1.165) is 12.1 Å². The lowest BCUT2D eigenvalue weighted by Gasteiger charge is -2.33. The van der Waals surface area contributed by atoms with E-state index in [1.54, 1.807) is 0 Å². The van der Waals surface area contributed by atoms with Crippen molar-refractivity contribution in [1.29, 1.82) is 0 Å². The van der Waals surface area contributed by atoms with Gasteiger partial charge in [0.1, 0.15) is 6.17 Å². The summed E-state index contributed by atoms with van der Waals surface area (Å²) in [6, 6.07) is 10.4. The average molecular weight is 302 g/mol. The zero-order valence-corrected chi connectivity index (χ0v) is 13.7. The van der Waals surface area contributed by atoms with Crippen LogP contribution in [0.25, 0.3) is 0 Å². The maximum absolute atomic E-state index is 5.68. The fourth-order valence-electron chi connectivity index (χ4n) is 2.50. The second kappa shape index (κ2) is 8.71. The van der Waals surface area contributed by atoms with Crippen LogP contribution in [0.2, 0.25) is 0 Å². The van der Waals surface area contributed by atoms with E-state index < -0.39 is 0 Å². The van der Waals surface area contributed by atoms with Gasteiger partial charge in [0.15, 0.2) is 6.29 Å². The molecule has 0 aromatic heterocycles. The highest BCUT2D eigenvalue weighted by atomic mass is 16.7. The van der Waals surface area contributed by atoms with Crippen molar-refractivity contribution in [2.45, 2.75) is 39.6 Å². The molecular weight excluding hydrogens is 276 g/mol. The second-order valence-corrected chi connectivity index (χ2v) is 5.11. The molecule has 1 aliphatic heterocycles. The molecule has 1 aromatic carbocycles. The number of ether oxygens (including phenoxy) is 2. The van der Waals surface area contributed by atoms with Crippen LogP contribution in [0.1, 0.15) is 38.9 Å². The van der Waals surface area contributed by atoms with E-state index in [-0.39, 0.29) is 12.5 Å². The third kappa shape index (κ3) is 4.42. The van der Waals surface area contributed by atoms with Gasteiger partial charge < -0.3 is 14.4 Å². The molecule has 1 atom stereocenters. The summed E-state index contributed by atoms with van der Waals surface area (Å²) in [4.78, 5) is 7.05. The lowest BCUT2D eigenvalue weighted by Crippen LogP contribution is -2.36. The van der Waals surface area contributed by atoms with Crippen LogP contribution >= 0.6 is 0 Å². The molecule has 1 aromatic rings. The largest absolute Gasteiger partial charge is 0.351 e. The molecule has 0 bridgehead atoms. The van der Waals surface area contributed by atoms with E-state index >= 15 is 0 Å². The maximum Gasteiger partial charge on any atom is 0.174 e. The van der Waals surface area contributed by atoms with E-state index in [4.69, 9.17) is 14.5 Å². The predicted molar refractivity (Wildman–Crippen MR) is 89.8 cm³/mol. The topological polar surface area (TPSA) is 34.1 Å². The van der Waals surface area contributed by atoms with Gasteiger partial charge in [-0.05, 0) is 31.9 Å². The van der Waals surface area contributed by atoms with E-state index in [9.17, 15) is 0 Å². The minimum absolute atomic E-state index is 0.00966. The van der Waals surface area contributed by atoms with Crippen LogP contribution in [0.4, 0.5) is 0 Å². The van der Waals surface area contributed by atoms with Crippen LogP contribution in [0.5, 0.6) is 0 Å². The smallest absolute Gasteiger partial charge is 0.174 e. The van der Waals surface area contributed by atoms with Gasteiger partial charge >= 0.3 is 0 Å². The second-order valence-electron chi connectivity index (χ2n) is 5.11. The van der Waals surface area contributed by atoms with Gasteiger partial charge in [-0.3, -0.25) is 4.99 Å². The van der Waals surface area contributed by atoms with Crippen LogP contribution in [-0.4, -0.2) is 36.7 Å². The van der Waals surface area contributed by atoms with Crippen molar-refractivity contribution < 1.29 is 9.47 Å². The van der Waals surface area contributed by atoms with Crippen LogP contribution in [0.3, 0.4) is 0 Å². The normalized spacial score (nSPS) is 17.9. The van der Waals surface area contributed by atoms with Crippen molar-refractivity contribution in [2.24, 2.45) is 4.99 Å². The third-order valence-electron chi connectivity index (χ3n) is 3.59. The lowest BCUT2D eigenvalue weighted by molar-refractivity contribution is -0.146. The van der Waals surface area contributed by atoms with Crippen molar-refractivity contribution in [1.82, 2.24) is 4.90 Å². The highest BCUT2D eigenvalue weighted by Crippen LogP contribution is 2.26. The van der Waals surface area contributed by atoms with Crippen molar-refractivity contribution in [3.8, 4) is 0 Å². The Kier molecular flexibility index (Phi) is 6.62. The molecule has 22 heavy (non-hydrogen) atoms. The van der Waals surface area contributed by atoms with Crippen LogP contribution < -0.4 is 0 Å². The molecule has 1 aliphatic rings. The number of hydrogen-bond donors (Lipinski definition) is 0. The number of rotatable bonds is 8. The molecule has 1 heterocycles. The molecule has 1 unspecified atom stereocenters. The Morgan fingerprint density at radius 3 is 2.36 bits per heavy atom. The van der Waals surface area contributed by atoms with Gasteiger partial charge in [0, 0.05) is 25.1 Å². The predicted octanol–water partition coefficient (Wildman–Crippen LogP) is 3.76. The highest BCUT2D eigenvalue weighted by molar-refractivity contribution is 5.95. The van der Waals surface area contributed by atoms with Gasteiger partial charge in [-0.1, -0.05) is 37.3 Å². The van der Waals surface area contributed by atoms with Crippen molar-refractivity contribution >= 4 is 5.71 Å². The van der Waals surface area contributed by atoms with Gasteiger partial charge in [-0.25, -0.2) is 0 Å². The Balaban J connectivity index is 2.17. The summed E-state index contributed by atoms with van der Waals surface area (Å²) in [6.45, 7) is 8.05. The standard InChI is InChI=1S/C18H26N2O2/c1-4-16-12-13-20(14-17(21-5-2)22-6-3)18(19-16)15-10-8-7-9-11-15/h7-13,17-18H,4-6,14H2,1-3H3. The molecule has 4 nitrogen and oxygen atoms in total. The first-order valence-electron chi connectivity index (χ1n) is 8.07. The van der Waals surface area contributed by atoms with Gasteiger partial charge in [0.05, 0.1) is 6.54 Å². The van der Waals surface area contributed by atoms with Gasteiger partial charge in [0.25, 0.3) is 0 Å². The fraction of sp³-hybridized carbons (Fsp3) is 0.500. The zero-order valence-electron chi connectivity index (χ0n) is 13.7. The molecule has 0 saturated carbocycles. The molecule has 0 spiro atoms. The summed E-state index contributed by atoms with van der Waals surface area (Å²) in [6.07, 6.45) is 4.88. The Morgan fingerprint density at radius 2 is 1.77 bits per heavy atom. The minimum Gasteiger partial charge on any atom is -0.351 e. The van der Waals surface area contributed by atoms with Gasteiger partial charge in [-0.15, -0.1) is 0 Å². The number of allylic oxidation sites excluding steroid dienone is 1. The van der Waals surface area contributed by atoms with Crippen LogP contribution in [0.15, 0.2) is 47.6 Å². The first kappa shape index (κ1) is 16.7. The molecule has 4 heteroatoms. The Bertz CT molecular complexity index is 493. The molecule has 0 radical (unpaired) electrons. The minimum atomic E-state index is -0.232. The number of hydrogen-bond acceptors (Lipinski definition) is 4. The van der Waals surface area contributed by atoms with Crippen molar-refractivity contribution in [2.75, 3.05) is 19.8 Å². The Morgan fingerprint density at radius 1 is 1.09 bits per heavy atom. The first-order chi connectivity index (χ1) is 10.8. The molecular formula is C18H26N2O2. The van der Waals surface area contributed by atoms with Crippen molar-refractivity contribution in [3.05, 3.63) is 48.2 Å².